The minimum atomic E-state index is 0. The van der Waals surface area contributed by atoms with Crippen LogP contribution in [0, 0.1) is 0 Å². The maximum Gasteiger partial charge on any atom is 0.220 e. The highest BCUT2D eigenvalue weighted by molar-refractivity contribution is 6.08. The Bertz CT molecular complexity index is 946. The van der Waals surface area contributed by atoms with Crippen LogP contribution in [0.25, 0.3) is 32.9 Å². The Balaban J connectivity index is 0.00000144. The number of hydrogen-bond donors (Lipinski definition) is 0. The van der Waals surface area contributed by atoms with Crippen LogP contribution in [0.1, 0.15) is 0 Å². The van der Waals surface area contributed by atoms with Crippen LogP contribution in [0.3, 0.4) is 0 Å². The Morgan fingerprint density at radius 2 is 1.14 bits per heavy atom. The van der Waals surface area contributed by atoms with Gasteiger partial charge in [-0.15, -0.1) is 0 Å². The van der Waals surface area contributed by atoms with Gasteiger partial charge in [0.15, 0.2) is 0 Å². The Morgan fingerprint density at radius 1 is 0.591 bits per heavy atom. The van der Waals surface area contributed by atoms with Gasteiger partial charge < -0.3 is 12.4 Å². The third kappa shape index (κ3) is 2.15. The van der Waals surface area contributed by atoms with E-state index in [1.54, 1.807) is 0 Å². The van der Waals surface area contributed by atoms with Gasteiger partial charge in [-0.05, 0) is 24.3 Å². The fourth-order valence-corrected chi connectivity index (χ4v) is 3.16. The Kier molecular flexibility index (Phi) is 3.82. The van der Waals surface area contributed by atoms with E-state index in [0.717, 1.165) is 0 Å². The van der Waals surface area contributed by atoms with Crippen molar-refractivity contribution < 1.29 is 17.0 Å². The molecule has 0 aliphatic rings. The molecule has 0 saturated heterocycles. The van der Waals surface area contributed by atoms with E-state index < -0.39 is 0 Å². The molecule has 0 spiro atoms. The molecule has 0 saturated carbocycles. The SMILES string of the molecule is C[n+]1c(-c2ccccc2)c2ccccc2c2ccccc21.[Cl-]. The minimum Gasteiger partial charge on any atom is -1.00 e. The summed E-state index contributed by atoms with van der Waals surface area (Å²) in [5.41, 5.74) is 3.78. The van der Waals surface area contributed by atoms with Gasteiger partial charge >= 0.3 is 0 Å². The fraction of sp³-hybridized carbons (Fsp3) is 0.0500. The molecule has 1 aromatic heterocycles. The summed E-state index contributed by atoms with van der Waals surface area (Å²) in [6.07, 6.45) is 0. The molecule has 3 aromatic carbocycles. The average molecular weight is 306 g/mol. The molecule has 0 aliphatic carbocycles. The van der Waals surface area contributed by atoms with Gasteiger partial charge in [0.25, 0.3) is 0 Å². The van der Waals surface area contributed by atoms with Gasteiger partial charge in [-0.3, -0.25) is 0 Å². The largest absolute Gasteiger partial charge is 1.00 e. The Labute approximate surface area is 136 Å². The second kappa shape index (κ2) is 5.78. The first-order valence-corrected chi connectivity index (χ1v) is 7.21. The highest BCUT2D eigenvalue weighted by atomic mass is 35.5. The zero-order chi connectivity index (χ0) is 14.2. The Hall–Kier alpha value is -2.38. The highest BCUT2D eigenvalue weighted by Crippen LogP contribution is 2.30. The molecule has 108 valence electrons. The smallest absolute Gasteiger partial charge is 0.220 e. The van der Waals surface area contributed by atoms with E-state index in [9.17, 15) is 0 Å². The number of hydrogen-bond acceptors (Lipinski definition) is 0. The van der Waals surface area contributed by atoms with Crippen molar-refractivity contribution in [3.63, 3.8) is 0 Å². The van der Waals surface area contributed by atoms with Gasteiger partial charge in [0.05, 0.1) is 10.8 Å². The maximum atomic E-state index is 2.30. The van der Waals surface area contributed by atoms with Crippen LogP contribution in [0.2, 0.25) is 0 Å². The van der Waals surface area contributed by atoms with Crippen molar-refractivity contribution in [3.05, 3.63) is 78.9 Å². The molecule has 0 atom stereocenters. The monoisotopic (exact) mass is 305 g/mol. The quantitative estimate of drug-likeness (QED) is 0.371. The van der Waals surface area contributed by atoms with E-state index in [2.05, 4.69) is 90.5 Å². The fourth-order valence-electron chi connectivity index (χ4n) is 3.16. The van der Waals surface area contributed by atoms with Crippen LogP contribution in [-0.4, -0.2) is 0 Å². The number of rotatable bonds is 1. The van der Waals surface area contributed by atoms with Gasteiger partial charge in [0, 0.05) is 17.0 Å². The van der Waals surface area contributed by atoms with Crippen LogP contribution in [0.5, 0.6) is 0 Å². The van der Waals surface area contributed by atoms with Crippen molar-refractivity contribution >= 4 is 21.7 Å². The lowest BCUT2D eigenvalue weighted by atomic mass is 9.99. The van der Waals surface area contributed by atoms with Gasteiger partial charge in [0.1, 0.15) is 7.05 Å². The molecule has 0 radical (unpaired) electrons. The number of pyridine rings is 1. The van der Waals surface area contributed by atoms with Crippen molar-refractivity contribution in [1.82, 2.24) is 0 Å². The van der Waals surface area contributed by atoms with Crippen LogP contribution in [-0.2, 0) is 7.05 Å². The first-order valence-electron chi connectivity index (χ1n) is 7.21. The van der Waals surface area contributed by atoms with Crippen molar-refractivity contribution in [2.45, 2.75) is 0 Å². The molecule has 4 aromatic rings. The molecule has 0 bridgehead atoms. The molecule has 22 heavy (non-hydrogen) atoms. The van der Waals surface area contributed by atoms with E-state index in [4.69, 9.17) is 0 Å². The number of nitrogens with zero attached hydrogens (tertiary/aromatic N) is 1. The summed E-state index contributed by atoms with van der Waals surface area (Å²) >= 11 is 0. The third-order valence-electron chi connectivity index (χ3n) is 4.12. The van der Waals surface area contributed by atoms with E-state index >= 15 is 0 Å². The molecule has 1 nitrogen and oxygen atoms in total. The number of aryl methyl sites for hydroxylation is 1. The minimum absolute atomic E-state index is 0. The number of fused-ring (bicyclic) bond motifs is 3. The van der Waals surface area contributed by atoms with Crippen LogP contribution in [0.4, 0.5) is 0 Å². The predicted molar refractivity (Wildman–Crippen MR) is 88.1 cm³/mol. The molecular weight excluding hydrogens is 290 g/mol. The molecule has 0 amide bonds. The van der Waals surface area contributed by atoms with Crippen molar-refractivity contribution in [1.29, 1.82) is 0 Å². The van der Waals surface area contributed by atoms with Gasteiger partial charge in [-0.2, -0.15) is 4.57 Å². The van der Waals surface area contributed by atoms with E-state index in [1.165, 1.54) is 32.9 Å². The summed E-state index contributed by atoms with van der Waals surface area (Å²) in [4.78, 5) is 0. The van der Waals surface area contributed by atoms with Crippen molar-refractivity contribution in [3.8, 4) is 11.3 Å². The Morgan fingerprint density at radius 3 is 1.86 bits per heavy atom. The molecule has 0 fully saturated rings. The second-order valence-electron chi connectivity index (χ2n) is 5.34. The topological polar surface area (TPSA) is 3.88 Å². The molecule has 0 N–H and O–H groups in total. The predicted octanol–water partition coefficient (Wildman–Crippen LogP) is 1.49. The van der Waals surface area contributed by atoms with Crippen LogP contribution in [0.15, 0.2) is 78.9 Å². The maximum absolute atomic E-state index is 2.30. The molecule has 0 unspecified atom stereocenters. The summed E-state index contributed by atoms with van der Waals surface area (Å²) in [6, 6.07) is 27.9. The first-order chi connectivity index (χ1) is 10.4. The summed E-state index contributed by atoms with van der Waals surface area (Å²) in [7, 11) is 2.15. The van der Waals surface area contributed by atoms with Crippen LogP contribution < -0.4 is 17.0 Å². The van der Waals surface area contributed by atoms with Gasteiger partial charge in [-0.25, -0.2) is 0 Å². The molecule has 4 rings (SSSR count). The lowest BCUT2D eigenvalue weighted by molar-refractivity contribution is -0.632. The molecule has 1 heterocycles. The number of halogens is 1. The normalized spacial score (nSPS) is 10.6. The van der Waals surface area contributed by atoms with E-state index in [1.807, 2.05) is 0 Å². The molecular formula is C20H16ClN. The zero-order valence-electron chi connectivity index (χ0n) is 12.3. The highest BCUT2D eigenvalue weighted by Gasteiger charge is 2.19. The lowest BCUT2D eigenvalue weighted by Crippen LogP contribution is -3.00. The summed E-state index contributed by atoms with van der Waals surface area (Å²) in [5.74, 6) is 0. The number of aromatic nitrogens is 1. The summed E-state index contributed by atoms with van der Waals surface area (Å²) in [6.45, 7) is 0. The average Bonchev–Trinajstić information content (AvgIpc) is 2.56. The van der Waals surface area contributed by atoms with Crippen LogP contribution >= 0.6 is 0 Å². The van der Waals surface area contributed by atoms with E-state index in [-0.39, 0.29) is 12.4 Å². The second-order valence-corrected chi connectivity index (χ2v) is 5.34. The summed E-state index contributed by atoms with van der Waals surface area (Å²) in [5, 5.41) is 3.91. The molecule has 0 aliphatic heterocycles. The standard InChI is InChI=1S/C20H16N.ClH/c1-21-19-14-8-7-12-17(19)16-11-5-6-13-18(16)20(21)15-9-3-2-4-10-15;/h2-14H,1H3;1H/q+1;/p-1. The van der Waals surface area contributed by atoms with Gasteiger partial charge in [-0.1, -0.05) is 48.5 Å². The summed E-state index contributed by atoms with van der Waals surface area (Å²) < 4.78 is 2.30. The third-order valence-corrected chi connectivity index (χ3v) is 4.12. The zero-order valence-corrected chi connectivity index (χ0v) is 13.1. The lowest BCUT2D eigenvalue weighted by Gasteiger charge is -2.09. The van der Waals surface area contributed by atoms with E-state index in [0.29, 0.717) is 0 Å². The number of para-hydroxylation sites is 1. The number of benzene rings is 3. The van der Waals surface area contributed by atoms with Gasteiger partial charge in [0.2, 0.25) is 11.2 Å². The van der Waals surface area contributed by atoms with Crippen molar-refractivity contribution in [2.75, 3.05) is 0 Å². The van der Waals surface area contributed by atoms with Crippen molar-refractivity contribution in [2.24, 2.45) is 7.05 Å². The first kappa shape index (κ1) is 14.6. The molecule has 2 heteroatoms.